The van der Waals surface area contributed by atoms with Crippen LogP contribution in [0.2, 0.25) is 0 Å². The highest BCUT2D eigenvalue weighted by Gasteiger charge is 2.30. The molecule has 1 aliphatic carbocycles. The van der Waals surface area contributed by atoms with E-state index in [1.807, 2.05) is 13.8 Å². The van der Waals surface area contributed by atoms with Gasteiger partial charge in [-0.3, -0.25) is 0 Å². The van der Waals surface area contributed by atoms with E-state index < -0.39 is 10.0 Å². The van der Waals surface area contributed by atoms with Crippen molar-refractivity contribution in [2.45, 2.75) is 38.0 Å². The summed E-state index contributed by atoms with van der Waals surface area (Å²) in [5.74, 6) is 0.558. The van der Waals surface area contributed by atoms with E-state index in [0.717, 1.165) is 8.66 Å². The summed E-state index contributed by atoms with van der Waals surface area (Å²) >= 11 is 4.83. The monoisotopic (exact) mass is 351 g/mol. The Hall–Kier alpha value is 0.0900. The van der Waals surface area contributed by atoms with Gasteiger partial charge in [-0.25, -0.2) is 8.42 Å². The highest BCUT2D eigenvalue weighted by molar-refractivity contribution is 9.11. The standard InChI is InChI=1S/C12H18BrNO2S2/c1-3-14(8-10-5-4-6-10)18(15,16)11-7-12(13)17-9(11)2/h7,10H,3-6,8H2,1-2H3. The molecule has 0 atom stereocenters. The topological polar surface area (TPSA) is 37.4 Å². The number of nitrogens with zero attached hydrogens (tertiary/aromatic N) is 1. The van der Waals surface area contributed by atoms with Crippen molar-refractivity contribution in [1.29, 1.82) is 0 Å². The van der Waals surface area contributed by atoms with Crippen LogP contribution in [0.3, 0.4) is 0 Å². The zero-order valence-electron chi connectivity index (χ0n) is 10.6. The third kappa shape index (κ3) is 2.81. The quantitative estimate of drug-likeness (QED) is 0.812. The smallest absolute Gasteiger partial charge is 0.207 e. The molecule has 0 radical (unpaired) electrons. The molecule has 0 saturated heterocycles. The molecule has 2 rings (SSSR count). The maximum Gasteiger partial charge on any atom is 0.244 e. The molecular formula is C12H18BrNO2S2. The number of hydrogen-bond donors (Lipinski definition) is 0. The minimum absolute atomic E-state index is 0.459. The summed E-state index contributed by atoms with van der Waals surface area (Å²) in [7, 11) is -3.32. The maximum absolute atomic E-state index is 12.6. The third-order valence-electron chi connectivity index (χ3n) is 3.50. The summed E-state index contributed by atoms with van der Waals surface area (Å²) in [6.07, 6.45) is 3.57. The summed E-state index contributed by atoms with van der Waals surface area (Å²) in [5.41, 5.74) is 0. The van der Waals surface area contributed by atoms with Crippen molar-refractivity contribution in [2.24, 2.45) is 5.92 Å². The van der Waals surface area contributed by atoms with Crippen molar-refractivity contribution in [2.75, 3.05) is 13.1 Å². The molecule has 3 nitrogen and oxygen atoms in total. The van der Waals surface area contributed by atoms with Gasteiger partial charge in [0.2, 0.25) is 10.0 Å². The highest BCUT2D eigenvalue weighted by atomic mass is 79.9. The van der Waals surface area contributed by atoms with Crippen molar-refractivity contribution in [3.05, 3.63) is 14.7 Å². The molecule has 1 aromatic rings. The third-order valence-corrected chi connectivity index (χ3v) is 7.25. The second-order valence-corrected chi connectivity index (χ2v) is 9.27. The van der Waals surface area contributed by atoms with Gasteiger partial charge in [-0.05, 0) is 47.7 Å². The SMILES string of the molecule is CCN(CC1CCC1)S(=O)(=O)c1cc(Br)sc1C. The van der Waals surface area contributed by atoms with Crippen LogP contribution < -0.4 is 0 Å². The fourth-order valence-electron chi connectivity index (χ4n) is 2.19. The van der Waals surface area contributed by atoms with Crippen LogP contribution >= 0.6 is 27.3 Å². The summed E-state index contributed by atoms with van der Waals surface area (Å²) < 4.78 is 27.7. The molecule has 0 amide bonds. The Balaban J connectivity index is 2.24. The van der Waals surface area contributed by atoms with Crippen LogP contribution in [-0.2, 0) is 10.0 Å². The van der Waals surface area contributed by atoms with Crippen LogP contribution in [0.1, 0.15) is 31.1 Å². The molecule has 1 aromatic heterocycles. The van der Waals surface area contributed by atoms with Gasteiger partial charge in [-0.15, -0.1) is 11.3 Å². The average Bonchev–Trinajstić information content (AvgIpc) is 2.56. The number of aryl methyl sites for hydroxylation is 1. The van der Waals surface area contributed by atoms with E-state index in [-0.39, 0.29) is 0 Å². The lowest BCUT2D eigenvalue weighted by Gasteiger charge is -2.31. The van der Waals surface area contributed by atoms with E-state index in [1.54, 1.807) is 10.4 Å². The van der Waals surface area contributed by atoms with Gasteiger partial charge in [0.1, 0.15) is 0 Å². The van der Waals surface area contributed by atoms with E-state index in [4.69, 9.17) is 0 Å². The van der Waals surface area contributed by atoms with Crippen LogP contribution in [-0.4, -0.2) is 25.8 Å². The molecule has 0 N–H and O–H groups in total. The van der Waals surface area contributed by atoms with E-state index in [1.165, 1.54) is 30.6 Å². The Bertz CT molecular complexity index is 520. The fraction of sp³-hybridized carbons (Fsp3) is 0.667. The lowest BCUT2D eigenvalue weighted by molar-refractivity contribution is 0.250. The van der Waals surface area contributed by atoms with Crippen molar-refractivity contribution in [3.63, 3.8) is 0 Å². The van der Waals surface area contributed by atoms with Gasteiger partial charge < -0.3 is 0 Å². The molecule has 102 valence electrons. The van der Waals surface area contributed by atoms with Crippen LogP contribution in [0.4, 0.5) is 0 Å². The van der Waals surface area contributed by atoms with Gasteiger partial charge in [0.05, 0.1) is 8.68 Å². The second kappa shape index (κ2) is 5.61. The van der Waals surface area contributed by atoms with Gasteiger partial charge in [0, 0.05) is 18.0 Å². The number of rotatable bonds is 5. The first-order valence-corrected chi connectivity index (χ1v) is 9.26. The minimum Gasteiger partial charge on any atom is -0.207 e. The first-order valence-electron chi connectivity index (χ1n) is 6.21. The average molecular weight is 352 g/mol. The fourth-order valence-corrected chi connectivity index (χ4v) is 6.09. The molecule has 1 fully saturated rings. The van der Waals surface area contributed by atoms with Crippen LogP contribution in [0.5, 0.6) is 0 Å². The molecule has 18 heavy (non-hydrogen) atoms. The Morgan fingerprint density at radius 1 is 1.50 bits per heavy atom. The van der Waals surface area contributed by atoms with Crippen molar-refractivity contribution in [1.82, 2.24) is 4.31 Å². The molecule has 0 aliphatic heterocycles. The highest BCUT2D eigenvalue weighted by Crippen LogP contribution is 2.33. The van der Waals surface area contributed by atoms with Crippen LogP contribution in [0.15, 0.2) is 14.7 Å². The van der Waals surface area contributed by atoms with Crippen LogP contribution in [0.25, 0.3) is 0 Å². The van der Waals surface area contributed by atoms with Gasteiger partial charge in [-0.2, -0.15) is 4.31 Å². The van der Waals surface area contributed by atoms with Gasteiger partial charge >= 0.3 is 0 Å². The number of sulfonamides is 1. The summed E-state index contributed by atoms with van der Waals surface area (Å²) in [5, 5.41) is 0. The first kappa shape index (κ1) is 14.5. The summed E-state index contributed by atoms with van der Waals surface area (Å²) in [6.45, 7) is 4.99. The van der Waals surface area contributed by atoms with Gasteiger partial charge in [-0.1, -0.05) is 13.3 Å². The van der Waals surface area contributed by atoms with Gasteiger partial charge in [0.15, 0.2) is 0 Å². The van der Waals surface area contributed by atoms with Crippen molar-refractivity contribution < 1.29 is 8.42 Å². The maximum atomic E-state index is 12.6. The van der Waals surface area contributed by atoms with E-state index in [9.17, 15) is 8.42 Å². The number of thiophene rings is 1. The Labute approximate surface area is 121 Å². The first-order chi connectivity index (χ1) is 8.45. The van der Waals surface area contributed by atoms with E-state index in [2.05, 4.69) is 15.9 Å². The molecule has 1 heterocycles. The minimum atomic E-state index is -3.32. The Morgan fingerprint density at radius 2 is 2.17 bits per heavy atom. The molecule has 1 saturated carbocycles. The molecular weight excluding hydrogens is 334 g/mol. The molecule has 0 spiro atoms. The number of hydrogen-bond acceptors (Lipinski definition) is 3. The predicted molar refractivity (Wildman–Crippen MR) is 78.5 cm³/mol. The van der Waals surface area contributed by atoms with Gasteiger partial charge in [0.25, 0.3) is 0 Å². The molecule has 1 aliphatic rings. The largest absolute Gasteiger partial charge is 0.244 e. The molecule has 6 heteroatoms. The summed E-state index contributed by atoms with van der Waals surface area (Å²) in [6, 6.07) is 1.72. The zero-order chi connectivity index (χ0) is 13.3. The Kier molecular flexibility index (Phi) is 4.52. The Morgan fingerprint density at radius 3 is 2.56 bits per heavy atom. The molecule has 0 unspecified atom stereocenters. The predicted octanol–water partition coefficient (Wildman–Crippen LogP) is 3.63. The lowest BCUT2D eigenvalue weighted by Crippen LogP contribution is -2.37. The summed E-state index contributed by atoms with van der Waals surface area (Å²) in [4.78, 5) is 1.31. The van der Waals surface area contributed by atoms with Crippen LogP contribution in [0, 0.1) is 12.8 Å². The van der Waals surface area contributed by atoms with E-state index >= 15 is 0 Å². The molecule has 0 bridgehead atoms. The normalized spacial score (nSPS) is 17.1. The van der Waals surface area contributed by atoms with Crippen molar-refractivity contribution in [3.8, 4) is 0 Å². The second-order valence-electron chi connectivity index (χ2n) is 4.72. The number of halogens is 1. The van der Waals surface area contributed by atoms with E-state index in [0.29, 0.717) is 23.9 Å². The lowest BCUT2D eigenvalue weighted by atomic mass is 9.85. The molecule has 0 aromatic carbocycles. The zero-order valence-corrected chi connectivity index (χ0v) is 13.9. The van der Waals surface area contributed by atoms with Crippen molar-refractivity contribution >= 4 is 37.3 Å².